The van der Waals surface area contributed by atoms with Crippen LogP contribution in [0.3, 0.4) is 0 Å². The number of hydrazone groups is 1. The Kier molecular flexibility index (Phi) is 6.29. The molecular formula is C25H26N2O5S. The van der Waals surface area contributed by atoms with Gasteiger partial charge in [-0.05, 0) is 43.3 Å². The van der Waals surface area contributed by atoms with E-state index in [1.165, 1.54) is 4.41 Å². The lowest BCUT2D eigenvalue weighted by Crippen LogP contribution is -2.27. The number of para-hydroxylation sites is 1. The summed E-state index contributed by atoms with van der Waals surface area (Å²) in [6, 6.07) is 19.0. The normalized spacial score (nSPS) is 15.8. The van der Waals surface area contributed by atoms with E-state index in [2.05, 4.69) is 5.10 Å². The molecule has 172 valence electrons. The molecule has 3 aromatic carbocycles. The molecule has 0 amide bonds. The van der Waals surface area contributed by atoms with Gasteiger partial charge in [-0.25, -0.2) is 0 Å². The Bertz CT molecular complexity index is 1290. The Hall–Kier alpha value is -3.52. The van der Waals surface area contributed by atoms with Gasteiger partial charge in [0.15, 0.2) is 11.5 Å². The molecule has 8 heteroatoms. The maximum absolute atomic E-state index is 13.7. The van der Waals surface area contributed by atoms with Gasteiger partial charge in [-0.15, -0.1) is 0 Å². The summed E-state index contributed by atoms with van der Waals surface area (Å²) < 4.78 is 44.8. The molecule has 7 nitrogen and oxygen atoms in total. The van der Waals surface area contributed by atoms with Gasteiger partial charge in [0.1, 0.15) is 5.75 Å². The number of ether oxygens (including phenoxy) is 3. The van der Waals surface area contributed by atoms with Crippen molar-refractivity contribution in [1.82, 2.24) is 4.41 Å². The van der Waals surface area contributed by atoms with Crippen molar-refractivity contribution in [3.05, 3.63) is 83.4 Å². The number of nitrogens with zero attached hydrogens (tertiary/aromatic N) is 2. The molecule has 33 heavy (non-hydrogen) atoms. The second-order valence-corrected chi connectivity index (χ2v) is 9.46. The van der Waals surface area contributed by atoms with Crippen LogP contribution in [0.2, 0.25) is 0 Å². The lowest BCUT2D eigenvalue weighted by atomic mass is 9.98. The summed E-state index contributed by atoms with van der Waals surface area (Å²) in [7, 11) is 0.786. The summed E-state index contributed by atoms with van der Waals surface area (Å²) in [5.41, 5.74) is 3.11. The average Bonchev–Trinajstić information content (AvgIpc) is 3.30. The molecule has 0 spiro atoms. The molecule has 4 rings (SSSR count). The molecule has 0 unspecified atom stereocenters. The van der Waals surface area contributed by atoms with Crippen molar-refractivity contribution in [2.75, 3.05) is 21.3 Å². The molecule has 0 bridgehead atoms. The second-order valence-electron chi connectivity index (χ2n) is 7.67. The molecule has 3 aromatic rings. The number of sulfonamides is 1. The third-order valence-corrected chi connectivity index (χ3v) is 7.35. The highest BCUT2D eigenvalue weighted by molar-refractivity contribution is 7.89. The van der Waals surface area contributed by atoms with Crippen LogP contribution in [-0.4, -0.2) is 39.9 Å². The van der Waals surface area contributed by atoms with Gasteiger partial charge in [0.05, 0.1) is 38.0 Å². The third-order valence-electron chi connectivity index (χ3n) is 5.65. The van der Waals surface area contributed by atoms with Gasteiger partial charge in [0.2, 0.25) is 0 Å². The van der Waals surface area contributed by atoms with Crippen LogP contribution in [-0.2, 0) is 10.0 Å². The zero-order valence-electron chi connectivity index (χ0n) is 19.0. The predicted octanol–water partition coefficient (Wildman–Crippen LogP) is 4.56. The Labute approximate surface area is 194 Å². The van der Waals surface area contributed by atoms with E-state index in [9.17, 15) is 8.42 Å². The van der Waals surface area contributed by atoms with Gasteiger partial charge in [-0.3, -0.25) is 0 Å². The standard InChI is InChI=1S/C25H26N2O5S/c1-17-9-12-19(13-10-17)33(28,29)27-22(20-7-5-6-8-23(20)30-2)16-21(26-27)18-11-14-24(31-3)25(15-18)32-4/h5-15,22H,16H2,1-4H3/t22-/m0/s1. The summed E-state index contributed by atoms with van der Waals surface area (Å²) in [5, 5.41) is 4.60. The van der Waals surface area contributed by atoms with Crippen LogP contribution >= 0.6 is 0 Å². The average molecular weight is 467 g/mol. The number of hydrogen-bond donors (Lipinski definition) is 0. The van der Waals surface area contributed by atoms with E-state index in [0.717, 1.165) is 16.7 Å². The molecule has 1 heterocycles. The minimum atomic E-state index is -3.91. The quantitative estimate of drug-likeness (QED) is 0.510. The maximum Gasteiger partial charge on any atom is 0.279 e. The first kappa shape index (κ1) is 22.7. The molecule has 1 aliphatic rings. The molecule has 1 aliphatic heterocycles. The van der Waals surface area contributed by atoms with E-state index >= 15 is 0 Å². The molecule has 0 saturated carbocycles. The van der Waals surface area contributed by atoms with Crippen LogP contribution in [0.4, 0.5) is 0 Å². The fourth-order valence-electron chi connectivity index (χ4n) is 3.89. The lowest BCUT2D eigenvalue weighted by molar-refractivity contribution is 0.350. The van der Waals surface area contributed by atoms with Crippen molar-refractivity contribution in [3.8, 4) is 17.2 Å². The zero-order chi connectivity index (χ0) is 23.6. The SMILES string of the molecule is COc1ccc(C2=NN(S(=O)(=O)c3ccc(C)cc3)[C@H](c3ccccc3OC)C2)cc1OC. The van der Waals surface area contributed by atoms with E-state index in [-0.39, 0.29) is 4.90 Å². The summed E-state index contributed by atoms with van der Waals surface area (Å²) in [6.07, 6.45) is 0.376. The molecule has 0 aromatic heterocycles. The summed E-state index contributed by atoms with van der Waals surface area (Å²) in [4.78, 5) is 0.185. The Morgan fingerprint density at radius 1 is 0.848 bits per heavy atom. The van der Waals surface area contributed by atoms with Crippen LogP contribution < -0.4 is 14.2 Å². The summed E-state index contributed by atoms with van der Waals surface area (Å²) >= 11 is 0. The van der Waals surface area contributed by atoms with Crippen LogP contribution in [0.25, 0.3) is 0 Å². The minimum absolute atomic E-state index is 0.185. The van der Waals surface area contributed by atoms with E-state index in [1.807, 2.05) is 37.3 Å². The summed E-state index contributed by atoms with van der Waals surface area (Å²) in [6.45, 7) is 1.91. The fourth-order valence-corrected chi connectivity index (χ4v) is 5.32. The van der Waals surface area contributed by atoms with Gasteiger partial charge >= 0.3 is 0 Å². The number of benzene rings is 3. The number of aryl methyl sites for hydroxylation is 1. The molecule has 0 fully saturated rings. The van der Waals surface area contributed by atoms with E-state index in [0.29, 0.717) is 29.4 Å². The first-order valence-corrected chi connectivity index (χ1v) is 11.9. The van der Waals surface area contributed by atoms with Gasteiger partial charge in [0, 0.05) is 17.5 Å². The lowest BCUT2D eigenvalue weighted by Gasteiger charge is -2.24. The number of rotatable bonds is 7. The van der Waals surface area contributed by atoms with Crippen molar-refractivity contribution < 1.29 is 22.6 Å². The van der Waals surface area contributed by atoms with Crippen LogP contribution in [0.1, 0.15) is 29.2 Å². The highest BCUT2D eigenvalue weighted by atomic mass is 32.2. The topological polar surface area (TPSA) is 77.4 Å². The Balaban J connectivity index is 1.83. The Morgan fingerprint density at radius 3 is 2.18 bits per heavy atom. The number of hydrogen-bond acceptors (Lipinski definition) is 6. The maximum atomic E-state index is 13.7. The highest BCUT2D eigenvalue weighted by Gasteiger charge is 2.39. The van der Waals surface area contributed by atoms with Crippen molar-refractivity contribution in [2.24, 2.45) is 5.10 Å². The number of methoxy groups -OCH3 is 3. The zero-order valence-corrected chi connectivity index (χ0v) is 19.8. The van der Waals surface area contributed by atoms with Gasteiger partial charge in [0.25, 0.3) is 10.0 Å². The molecule has 0 saturated heterocycles. The van der Waals surface area contributed by atoms with Crippen molar-refractivity contribution in [3.63, 3.8) is 0 Å². The monoisotopic (exact) mass is 466 g/mol. The van der Waals surface area contributed by atoms with Crippen molar-refractivity contribution in [1.29, 1.82) is 0 Å². The highest BCUT2D eigenvalue weighted by Crippen LogP contribution is 2.41. The van der Waals surface area contributed by atoms with Crippen molar-refractivity contribution >= 4 is 15.7 Å². The predicted molar refractivity (Wildman–Crippen MR) is 127 cm³/mol. The van der Waals surface area contributed by atoms with E-state index < -0.39 is 16.1 Å². The largest absolute Gasteiger partial charge is 0.496 e. The molecule has 1 atom stereocenters. The summed E-state index contributed by atoms with van der Waals surface area (Å²) in [5.74, 6) is 1.74. The minimum Gasteiger partial charge on any atom is -0.496 e. The first-order valence-electron chi connectivity index (χ1n) is 10.4. The second kappa shape index (κ2) is 9.15. The molecule has 0 N–H and O–H groups in total. The fraction of sp³-hybridized carbons (Fsp3) is 0.240. The van der Waals surface area contributed by atoms with Crippen LogP contribution in [0, 0.1) is 6.92 Å². The van der Waals surface area contributed by atoms with Gasteiger partial charge in [-0.1, -0.05) is 35.9 Å². The van der Waals surface area contributed by atoms with E-state index in [4.69, 9.17) is 14.2 Å². The van der Waals surface area contributed by atoms with Crippen LogP contribution in [0.15, 0.2) is 76.7 Å². The van der Waals surface area contributed by atoms with Crippen LogP contribution in [0.5, 0.6) is 17.2 Å². The third kappa shape index (κ3) is 4.26. The molecule has 0 radical (unpaired) electrons. The first-order chi connectivity index (χ1) is 15.9. The van der Waals surface area contributed by atoms with Gasteiger partial charge < -0.3 is 14.2 Å². The van der Waals surface area contributed by atoms with Gasteiger partial charge in [-0.2, -0.15) is 17.9 Å². The van der Waals surface area contributed by atoms with E-state index in [1.54, 1.807) is 57.7 Å². The Morgan fingerprint density at radius 2 is 1.52 bits per heavy atom. The smallest absolute Gasteiger partial charge is 0.279 e. The molecule has 0 aliphatic carbocycles. The van der Waals surface area contributed by atoms with Crippen molar-refractivity contribution in [2.45, 2.75) is 24.3 Å². The molecular weight excluding hydrogens is 440 g/mol.